The van der Waals surface area contributed by atoms with Gasteiger partial charge in [0.1, 0.15) is 0 Å². The van der Waals surface area contributed by atoms with Gasteiger partial charge in [0, 0.05) is 17.8 Å². The Morgan fingerprint density at radius 1 is 1.43 bits per heavy atom. The maximum Gasteiger partial charge on any atom is 0.213 e. The molecule has 0 atom stereocenters. The molecule has 1 aliphatic heterocycles. The highest BCUT2D eigenvalue weighted by Gasteiger charge is 2.31. The Morgan fingerprint density at radius 2 is 2.14 bits per heavy atom. The minimum atomic E-state index is -0.817. The largest absolute Gasteiger partial charge is 0.346 e. The van der Waals surface area contributed by atoms with Gasteiger partial charge in [0.15, 0.2) is 5.79 Å². The monoisotopic (exact) mass is 197 g/mol. The lowest BCUT2D eigenvalue weighted by molar-refractivity contribution is -0.265. The maximum atomic E-state index is 12.9. The van der Waals surface area contributed by atoms with Gasteiger partial charge >= 0.3 is 0 Å². The number of nitrogens with zero attached hydrogens (tertiary/aromatic N) is 1. The van der Waals surface area contributed by atoms with Gasteiger partial charge in [0.25, 0.3) is 0 Å². The third-order valence-corrected chi connectivity index (χ3v) is 2.29. The van der Waals surface area contributed by atoms with Crippen LogP contribution in [0.3, 0.4) is 0 Å². The lowest BCUT2D eigenvalue weighted by Gasteiger charge is -2.34. The molecule has 1 aliphatic rings. The summed E-state index contributed by atoms with van der Waals surface area (Å²) in [6, 6.07) is 3.04. The molecule has 0 aromatic carbocycles. The minimum Gasteiger partial charge on any atom is -0.346 e. The van der Waals surface area contributed by atoms with E-state index in [1.807, 2.05) is 0 Å². The van der Waals surface area contributed by atoms with Gasteiger partial charge in [0.2, 0.25) is 5.95 Å². The Labute approximate surface area is 81.9 Å². The van der Waals surface area contributed by atoms with E-state index in [2.05, 4.69) is 4.98 Å². The van der Waals surface area contributed by atoms with Gasteiger partial charge in [-0.25, -0.2) is 4.98 Å². The van der Waals surface area contributed by atoms with Crippen molar-refractivity contribution in [2.24, 2.45) is 0 Å². The second-order valence-electron chi connectivity index (χ2n) is 3.36. The van der Waals surface area contributed by atoms with Gasteiger partial charge in [-0.1, -0.05) is 0 Å². The Balaban J connectivity index is 2.28. The van der Waals surface area contributed by atoms with Crippen LogP contribution in [-0.2, 0) is 15.3 Å². The van der Waals surface area contributed by atoms with Gasteiger partial charge in [-0.2, -0.15) is 4.39 Å². The summed E-state index contributed by atoms with van der Waals surface area (Å²) in [5.41, 5.74) is 0.671. The van der Waals surface area contributed by atoms with Crippen LogP contribution in [0.2, 0.25) is 0 Å². The molecule has 2 rings (SSSR count). The Morgan fingerprint density at radius 3 is 2.79 bits per heavy atom. The molecule has 14 heavy (non-hydrogen) atoms. The molecule has 1 fully saturated rings. The van der Waals surface area contributed by atoms with Crippen molar-refractivity contribution in [1.82, 2.24) is 4.98 Å². The van der Waals surface area contributed by atoms with Crippen molar-refractivity contribution >= 4 is 0 Å². The number of pyridine rings is 1. The Kier molecular flexibility index (Phi) is 2.48. The van der Waals surface area contributed by atoms with Crippen LogP contribution in [0.25, 0.3) is 0 Å². The van der Waals surface area contributed by atoms with E-state index in [4.69, 9.17) is 9.47 Å². The average molecular weight is 197 g/mol. The SMILES string of the molecule is CC1(c2ccnc(F)c2)OCCCO1. The van der Waals surface area contributed by atoms with Crippen molar-refractivity contribution in [2.75, 3.05) is 13.2 Å². The fourth-order valence-corrected chi connectivity index (χ4v) is 1.49. The number of hydrogen-bond acceptors (Lipinski definition) is 3. The number of ether oxygens (including phenoxy) is 2. The van der Waals surface area contributed by atoms with Crippen LogP contribution in [0.5, 0.6) is 0 Å². The quantitative estimate of drug-likeness (QED) is 0.643. The molecule has 1 aromatic heterocycles. The Hall–Kier alpha value is -1.00. The highest BCUT2D eigenvalue weighted by Crippen LogP contribution is 2.29. The predicted molar refractivity (Wildman–Crippen MR) is 48.1 cm³/mol. The Bertz CT molecular complexity index is 324. The summed E-state index contributed by atoms with van der Waals surface area (Å²) in [6.07, 6.45) is 2.29. The fraction of sp³-hybridized carbons (Fsp3) is 0.500. The summed E-state index contributed by atoms with van der Waals surface area (Å²) < 4.78 is 23.8. The molecule has 2 heterocycles. The number of rotatable bonds is 1. The van der Waals surface area contributed by atoms with Crippen LogP contribution < -0.4 is 0 Å². The predicted octanol–water partition coefficient (Wildman–Crippen LogP) is 1.83. The van der Waals surface area contributed by atoms with E-state index in [0.717, 1.165) is 6.42 Å². The molecule has 3 nitrogen and oxygen atoms in total. The molecule has 0 radical (unpaired) electrons. The van der Waals surface area contributed by atoms with E-state index in [1.54, 1.807) is 13.0 Å². The second kappa shape index (κ2) is 3.63. The number of aromatic nitrogens is 1. The van der Waals surface area contributed by atoms with Gasteiger partial charge in [0.05, 0.1) is 13.2 Å². The van der Waals surface area contributed by atoms with Crippen LogP contribution in [-0.4, -0.2) is 18.2 Å². The van der Waals surface area contributed by atoms with Crippen molar-refractivity contribution in [3.63, 3.8) is 0 Å². The van der Waals surface area contributed by atoms with Crippen LogP contribution in [0, 0.1) is 5.95 Å². The van der Waals surface area contributed by atoms with E-state index in [1.165, 1.54) is 12.3 Å². The third kappa shape index (κ3) is 1.76. The van der Waals surface area contributed by atoms with E-state index in [0.29, 0.717) is 18.8 Å². The first-order valence-corrected chi connectivity index (χ1v) is 4.61. The zero-order valence-corrected chi connectivity index (χ0v) is 8.00. The van der Waals surface area contributed by atoms with Crippen LogP contribution >= 0.6 is 0 Å². The van der Waals surface area contributed by atoms with Gasteiger partial charge in [-0.3, -0.25) is 0 Å². The van der Waals surface area contributed by atoms with Crippen LogP contribution in [0.15, 0.2) is 18.3 Å². The molecule has 1 aromatic rings. The zero-order valence-electron chi connectivity index (χ0n) is 8.00. The lowest BCUT2D eigenvalue weighted by Crippen LogP contribution is -2.35. The van der Waals surface area contributed by atoms with Gasteiger partial charge < -0.3 is 9.47 Å². The van der Waals surface area contributed by atoms with Crippen molar-refractivity contribution in [3.05, 3.63) is 29.8 Å². The fourth-order valence-electron chi connectivity index (χ4n) is 1.49. The molecule has 0 aliphatic carbocycles. The zero-order chi connectivity index (χ0) is 10.0. The second-order valence-corrected chi connectivity index (χ2v) is 3.36. The lowest BCUT2D eigenvalue weighted by atomic mass is 10.1. The average Bonchev–Trinajstić information content (AvgIpc) is 2.19. The molecule has 0 amide bonds. The third-order valence-electron chi connectivity index (χ3n) is 2.29. The summed E-state index contributed by atoms with van der Waals surface area (Å²) in [5.74, 6) is -1.33. The highest BCUT2D eigenvalue weighted by atomic mass is 19.1. The standard InChI is InChI=1S/C10H12FNO2/c1-10(13-5-2-6-14-10)8-3-4-12-9(11)7-8/h3-4,7H,2,5-6H2,1H3. The summed E-state index contributed by atoms with van der Waals surface area (Å²) in [5, 5.41) is 0. The number of hydrogen-bond donors (Lipinski definition) is 0. The molecule has 0 N–H and O–H groups in total. The van der Waals surface area contributed by atoms with Crippen molar-refractivity contribution in [2.45, 2.75) is 19.1 Å². The molecular formula is C10H12FNO2. The van der Waals surface area contributed by atoms with Gasteiger partial charge in [-0.15, -0.1) is 0 Å². The molecule has 76 valence electrons. The van der Waals surface area contributed by atoms with E-state index >= 15 is 0 Å². The molecule has 4 heteroatoms. The normalized spacial score (nSPS) is 20.7. The molecule has 1 saturated heterocycles. The molecule has 0 bridgehead atoms. The maximum absolute atomic E-state index is 12.9. The molecule has 0 unspecified atom stereocenters. The summed E-state index contributed by atoms with van der Waals surface area (Å²) in [4.78, 5) is 3.49. The summed E-state index contributed by atoms with van der Waals surface area (Å²) >= 11 is 0. The van der Waals surface area contributed by atoms with Crippen LogP contribution in [0.1, 0.15) is 18.9 Å². The van der Waals surface area contributed by atoms with E-state index in [-0.39, 0.29) is 0 Å². The van der Waals surface area contributed by atoms with Crippen molar-refractivity contribution in [1.29, 1.82) is 0 Å². The topological polar surface area (TPSA) is 31.4 Å². The first kappa shape index (κ1) is 9.55. The van der Waals surface area contributed by atoms with E-state index in [9.17, 15) is 4.39 Å². The van der Waals surface area contributed by atoms with Crippen LogP contribution in [0.4, 0.5) is 4.39 Å². The van der Waals surface area contributed by atoms with Crippen molar-refractivity contribution in [3.8, 4) is 0 Å². The number of halogens is 1. The molecule has 0 saturated carbocycles. The van der Waals surface area contributed by atoms with E-state index < -0.39 is 11.7 Å². The highest BCUT2D eigenvalue weighted by molar-refractivity contribution is 5.16. The minimum absolute atomic E-state index is 0.513. The smallest absolute Gasteiger partial charge is 0.213 e. The summed E-state index contributed by atoms with van der Waals surface area (Å²) in [6.45, 7) is 3.07. The first-order chi connectivity index (χ1) is 6.71. The molecule has 0 spiro atoms. The first-order valence-electron chi connectivity index (χ1n) is 4.61. The van der Waals surface area contributed by atoms with Crippen molar-refractivity contribution < 1.29 is 13.9 Å². The summed E-state index contributed by atoms with van der Waals surface area (Å²) in [7, 11) is 0. The van der Waals surface area contributed by atoms with Gasteiger partial charge in [-0.05, 0) is 19.4 Å². The molecular weight excluding hydrogens is 185 g/mol.